The predicted molar refractivity (Wildman–Crippen MR) is 114 cm³/mol. The van der Waals surface area contributed by atoms with Gasteiger partial charge in [-0.2, -0.15) is 0 Å². The van der Waals surface area contributed by atoms with Crippen molar-refractivity contribution in [1.82, 2.24) is 14.5 Å². The van der Waals surface area contributed by atoms with Gasteiger partial charge in [-0.1, -0.05) is 30.3 Å². The Balaban J connectivity index is 1.59. The number of esters is 2. The second kappa shape index (κ2) is 8.35. The van der Waals surface area contributed by atoms with Gasteiger partial charge in [0.15, 0.2) is 0 Å². The number of aromatic nitrogens is 3. The highest BCUT2D eigenvalue weighted by molar-refractivity contribution is 5.98. The fourth-order valence-electron chi connectivity index (χ4n) is 3.47. The summed E-state index contributed by atoms with van der Waals surface area (Å²) < 4.78 is 11.4. The van der Waals surface area contributed by atoms with Gasteiger partial charge in [0, 0.05) is 5.39 Å². The number of fused-ring (bicyclic) bond motifs is 2. The van der Waals surface area contributed by atoms with E-state index in [0.717, 1.165) is 5.39 Å². The molecule has 156 valence electrons. The zero-order valence-corrected chi connectivity index (χ0v) is 17.0. The first kappa shape index (κ1) is 20.2. The number of carbonyl (C=O) groups is 2. The average molecular weight is 417 g/mol. The number of nitrogens with zero attached hydrogens (tertiary/aromatic N) is 3. The van der Waals surface area contributed by atoms with Crippen LogP contribution in [0.4, 0.5) is 0 Å². The molecule has 4 aromatic rings. The minimum Gasteiger partial charge on any atom is -0.465 e. The highest BCUT2D eigenvalue weighted by atomic mass is 16.5. The summed E-state index contributed by atoms with van der Waals surface area (Å²) in [7, 11) is 1.28. The van der Waals surface area contributed by atoms with Gasteiger partial charge >= 0.3 is 11.9 Å². The lowest BCUT2D eigenvalue weighted by molar-refractivity contribution is -0.145. The van der Waals surface area contributed by atoms with Crippen LogP contribution >= 0.6 is 0 Å². The summed E-state index contributed by atoms with van der Waals surface area (Å²) in [5.41, 5.74) is 2.14. The number of ether oxygens (including phenoxy) is 2. The standard InChI is InChI=1S/C23H19N3O5/c1-14-15-7-3-6-10-18(15)25-19(21(14)23(29)30-2)12-31-20(27)11-26-13-24-17-9-5-4-8-16(17)22(26)28/h3-10,13H,11-12H2,1-2H3. The Morgan fingerprint density at radius 2 is 1.68 bits per heavy atom. The molecule has 8 nitrogen and oxygen atoms in total. The third-order valence-corrected chi connectivity index (χ3v) is 5.02. The van der Waals surface area contributed by atoms with E-state index in [1.807, 2.05) is 24.3 Å². The first-order valence-corrected chi connectivity index (χ1v) is 9.56. The number of rotatable bonds is 5. The zero-order valence-electron chi connectivity index (χ0n) is 17.0. The number of methoxy groups -OCH3 is 1. The Labute approximate surface area is 177 Å². The van der Waals surface area contributed by atoms with Gasteiger partial charge in [0.1, 0.15) is 13.2 Å². The summed E-state index contributed by atoms with van der Waals surface area (Å²) in [6.07, 6.45) is 1.31. The third-order valence-electron chi connectivity index (χ3n) is 5.02. The maximum absolute atomic E-state index is 12.6. The van der Waals surface area contributed by atoms with Crippen LogP contribution in [0.3, 0.4) is 0 Å². The van der Waals surface area contributed by atoms with Crippen LogP contribution in [0.25, 0.3) is 21.8 Å². The monoisotopic (exact) mass is 417 g/mol. The van der Waals surface area contributed by atoms with Crippen LogP contribution in [0.2, 0.25) is 0 Å². The van der Waals surface area contributed by atoms with Gasteiger partial charge in [0.05, 0.1) is 41.1 Å². The van der Waals surface area contributed by atoms with Gasteiger partial charge in [-0.05, 0) is 30.7 Å². The first-order chi connectivity index (χ1) is 15.0. The molecule has 0 N–H and O–H groups in total. The van der Waals surface area contributed by atoms with Crippen molar-refractivity contribution >= 4 is 33.7 Å². The molecule has 0 bridgehead atoms. The molecule has 31 heavy (non-hydrogen) atoms. The van der Waals surface area contributed by atoms with E-state index in [0.29, 0.717) is 27.7 Å². The molecule has 0 fully saturated rings. The Bertz CT molecular complexity index is 1380. The molecule has 2 heterocycles. The Morgan fingerprint density at radius 3 is 2.42 bits per heavy atom. The van der Waals surface area contributed by atoms with E-state index in [1.54, 1.807) is 31.2 Å². The van der Waals surface area contributed by atoms with Crippen molar-refractivity contribution in [1.29, 1.82) is 0 Å². The number of aryl methyl sites for hydroxylation is 1. The predicted octanol–water partition coefficient (Wildman–Crippen LogP) is 2.78. The van der Waals surface area contributed by atoms with E-state index < -0.39 is 11.9 Å². The van der Waals surface area contributed by atoms with Crippen LogP contribution < -0.4 is 5.56 Å². The Hall–Kier alpha value is -4.07. The van der Waals surface area contributed by atoms with E-state index in [2.05, 4.69) is 9.97 Å². The van der Waals surface area contributed by atoms with Crippen molar-refractivity contribution in [2.75, 3.05) is 7.11 Å². The summed E-state index contributed by atoms with van der Waals surface area (Å²) in [6, 6.07) is 14.3. The molecule has 0 atom stereocenters. The number of para-hydroxylation sites is 2. The fourth-order valence-corrected chi connectivity index (χ4v) is 3.47. The molecule has 2 aromatic heterocycles. The molecule has 0 spiro atoms. The van der Waals surface area contributed by atoms with Crippen molar-refractivity contribution < 1.29 is 19.1 Å². The van der Waals surface area contributed by atoms with Crippen molar-refractivity contribution in [3.8, 4) is 0 Å². The first-order valence-electron chi connectivity index (χ1n) is 9.56. The average Bonchev–Trinajstić information content (AvgIpc) is 2.79. The summed E-state index contributed by atoms with van der Waals surface area (Å²) >= 11 is 0. The van der Waals surface area contributed by atoms with Crippen LogP contribution in [0.5, 0.6) is 0 Å². The minimum atomic E-state index is -0.650. The zero-order chi connectivity index (χ0) is 22.0. The lowest BCUT2D eigenvalue weighted by Crippen LogP contribution is -2.26. The van der Waals surface area contributed by atoms with E-state index in [-0.39, 0.29) is 24.3 Å². The molecular formula is C23H19N3O5. The molecule has 0 aliphatic heterocycles. The summed E-state index contributed by atoms with van der Waals surface area (Å²) in [5.74, 6) is -1.21. The highest BCUT2D eigenvalue weighted by Gasteiger charge is 2.20. The number of hydrogen-bond acceptors (Lipinski definition) is 7. The summed E-state index contributed by atoms with van der Waals surface area (Å²) in [4.78, 5) is 46.0. The summed E-state index contributed by atoms with van der Waals surface area (Å²) in [6.45, 7) is 1.25. The van der Waals surface area contributed by atoms with E-state index in [9.17, 15) is 14.4 Å². The van der Waals surface area contributed by atoms with Crippen molar-refractivity contribution in [2.45, 2.75) is 20.1 Å². The second-order valence-corrected chi connectivity index (χ2v) is 6.92. The van der Waals surface area contributed by atoms with Crippen LogP contribution in [0.1, 0.15) is 21.6 Å². The molecule has 0 unspecified atom stereocenters. The van der Waals surface area contributed by atoms with E-state index in [4.69, 9.17) is 9.47 Å². The maximum atomic E-state index is 12.6. The molecule has 0 radical (unpaired) electrons. The second-order valence-electron chi connectivity index (χ2n) is 6.92. The lowest BCUT2D eigenvalue weighted by atomic mass is 10.0. The quantitative estimate of drug-likeness (QED) is 0.460. The van der Waals surface area contributed by atoms with Crippen molar-refractivity contribution in [2.24, 2.45) is 0 Å². The molecule has 0 amide bonds. The molecule has 2 aromatic carbocycles. The van der Waals surface area contributed by atoms with Gasteiger partial charge < -0.3 is 9.47 Å². The topological polar surface area (TPSA) is 100 Å². The molecule has 8 heteroatoms. The van der Waals surface area contributed by atoms with Crippen molar-refractivity contribution in [3.63, 3.8) is 0 Å². The SMILES string of the molecule is COC(=O)c1c(COC(=O)Cn2cnc3ccccc3c2=O)nc2ccccc2c1C. The van der Waals surface area contributed by atoms with Crippen LogP contribution in [-0.2, 0) is 27.4 Å². The van der Waals surface area contributed by atoms with E-state index >= 15 is 0 Å². The minimum absolute atomic E-state index is 0.231. The number of hydrogen-bond donors (Lipinski definition) is 0. The van der Waals surface area contributed by atoms with Crippen LogP contribution in [0, 0.1) is 6.92 Å². The van der Waals surface area contributed by atoms with Crippen LogP contribution in [0.15, 0.2) is 59.7 Å². The van der Waals surface area contributed by atoms with Gasteiger partial charge in [-0.25, -0.2) is 14.8 Å². The number of benzene rings is 2. The molecule has 0 aliphatic rings. The van der Waals surface area contributed by atoms with Gasteiger partial charge in [-0.15, -0.1) is 0 Å². The lowest BCUT2D eigenvalue weighted by Gasteiger charge is -2.13. The highest BCUT2D eigenvalue weighted by Crippen LogP contribution is 2.24. The summed E-state index contributed by atoms with van der Waals surface area (Å²) in [5, 5.41) is 1.23. The fraction of sp³-hybridized carbons (Fsp3) is 0.174. The Kier molecular flexibility index (Phi) is 5.44. The Morgan fingerprint density at radius 1 is 1.00 bits per heavy atom. The number of carbonyl (C=O) groups excluding carboxylic acids is 2. The molecule has 0 saturated carbocycles. The largest absolute Gasteiger partial charge is 0.465 e. The number of pyridine rings is 1. The third kappa shape index (κ3) is 3.87. The van der Waals surface area contributed by atoms with Crippen molar-refractivity contribution in [3.05, 3.63) is 82.0 Å². The maximum Gasteiger partial charge on any atom is 0.340 e. The van der Waals surface area contributed by atoms with Gasteiger partial charge in [0.25, 0.3) is 5.56 Å². The van der Waals surface area contributed by atoms with Crippen LogP contribution in [-0.4, -0.2) is 33.6 Å². The molecule has 4 rings (SSSR count). The van der Waals surface area contributed by atoms with Gasteiger partial charge in [0.2, 0.25) is 0 Å². The molecular weight excluding hydrogens is 398 g/mol. The normalized spacial score (nSPS) is 10.9. The van der Waals surface area contributed by atoms with E-state index in [1.165, 1.54) is 18.0 Å². The van der Waals surface area contributed by atoms with Gasteiger partial charge in [-0.3, -0.25) is 14.2 Å². The molecule has 0 aliphatic carbocycles. The smallest absolute Gasteiger partial charge is 0.340 e. The molecule has 0 saturated heterocycles.